The molecule has 1 aliphatic heterocycles. The van der Waals surface area contributed by atoms with E-state index in [1.165, 1.54) is 17.3 Å². The number of carbonyl (C=O) groups excluding carboxylic acids is 1. The van der Waals surface area contributed by atoms with Crippen molar-refractivity contribution in [3.63, 3.8) is 0 Å². The predicted octanol–water partition coefficient (Wildman–Crippen LogP) is 4.04. The lowest BCUT2D eigenvalue weighted by atomic mass is 10.2. The van der Waals surface area contributed by atoms with Crippen molar-refractivity contribution in [2.24, 2.45) is 0 Å². The van der Waals surface area contributed by atoms with Crippen molar-refractivity contribution >= 4 is 28.6 Å². The van der Waals surface area contributed by atoms with Gasteiger partial charge in [-0.25, -0.2) is 0 Å². The summed E-state index contributed by atoms with van der Waals surface area (Å²) in [5.41, 5.74) is 3.19. The zero-order valence-corrected chi connectivity index (χ0v) is 18.7. The van der Waals surface area contributed by atoms with Crippen molar-refractivity contribution in [2.75, 3.05) is 26.2 Å². The minimum atomic E-state index is -0.285. The highest BCUT2D eigenvalue weighted by molar-refractivity contribution is 8.00. The molecule has 0 spiro atoms. The van der Waals surface area contributed by atoms with E-state index in [9.17, 15) is 4.79 Å². The summed E-state index contributed by atoms with van der Waals surface area (Å²) in [6.45, 7) is 6.05. The van der Waals surface area contributed by atoms with E-state index in [4.69, 9.17) is 4.42 Å². The van der Waals surface area contributed by atoms with Crippen LogP contribution in [0.4, 0.5) is 0 Å². The smallest absolute Gasteiger partial charge is 0.277 e. The van der Waals surface area contributed by atoms with Gasteiger partial charge in [0.25, 0.3) is 11.1 Å². The molecule has 3 heterocycles. The van der Waals surface area contributed by atoms with E-state index in [2.05, 4.69) is 44.3 Å². The fourth-order valence-electron chi connectivity index (χ4n) is 4.04. The number of nitrogens with zero attached hydrogens (tertiary/aromatic N) is 4. The lowest BCUT2D eigenvalue weighted by Gasteiger charge is -2.35. The lowest BCUT2D eigenvalue weighted by molar-refractivity contribution is -0.132. The molecule has 7 nitrogen and oxygen atoms in total. The number of piperazine rings is 1. The van der Waals surface area contributed by atoms with E-state index in [1.54, 1.807) is 0 Å². The van der Waals surface area contributed by atoms with Crippen LogP contribution >= 0.6 is 11.8 Å². The molecule has 1 amide bonds. The summed E-state index contributed by atoms with van der Waals surface area (Å²) in [6.07, 6.45) is 1.87. The fourth-order valence-corrected chi connectivity index (χ4v) is 4.81. The fraction of sp³-hybridized carbons (Fsp3) is 0.292. The number of nitrogens with one attached hydrogen (secondary N) is 1. The molecule has 0 bridgehead atoms. The van der Waals surface area contributed by atoms with Crippen LogP contribution in [0.15, 0.2) is 70.4 Å². The monoisotopic (exact) mass is 447 g/mol. The molecule has 2 aromatic carbocycles. The third-order valence-electron chi connectivity index (χ3n) is 5.78. The molecule has 1 N–H and O–H groups in total. The molecule has 2 aromatic heterocycles. The van der Waals surface area contributed by atoms with Gasteiger partial charge < -0.3 is 14.3 Å². The summed E-state index contributed by atoms with van der Waals surface area (Å²) in [5.74, 6) is 0.570. The first-order valence-corrected chi connectivity index (χ1v) is 11.7. The molecular formula is C24H25N5O2S. The van der Waals surface area contributed by atoms with Crippen molar-refractivity contribution < 1.29 is 9.21 Å². The first-order valence-electron chi connectivity index (χ1n) is 10.8. The van der Waals surface area contributed by atoms with E-state index in [1.807, 2.05) is 48.4 Å². The third kappa shape index (κ3) is 4.42. The molecule has 164 valence electrons. The van der Waals surface area contributed by atoms with Crippen LogP contribution in [-0.4, -0.2) is 62.3 Å². The number of benzene rings is 2. The van der Waals surface area contributed by atoms with Gasteiger partial charge in [0.1, 0.15) is 0 Å². The number of fused-ring (bicyclic) bond motifs is 1. The third-order valence-corrected chi connectivity index (χ3v) is 6.71. The van der Waals surface area contributed by atoms with Gasteiger partial charge in [0.05, 0.1) is 10.8 Å². The molecule has 0 saturated carbocycles. The topological polar surface area (TPSA) is 78.3 Å². The number of amides is 1. The molecule has 1 saturated heterocycles. The summed E-state index contributed by atoms with van der Waals surface area (Å²) >= 11 is 1.32. The molecular weight excluding hydrogens is 422 g/mol. The van der Waals surface area contributed by atoms with E-state index >= 15 is 0 Å². The molecule has 5 rings (SSSR count). The number of rotatable bonds is 6. The maximum absolute atomic E-state index is 13.0. The molecule has 1 fully saturated rings. The zero-order chi connectivity index (χ0) is 21.9. The highest BCUT2D eigenvalue weighted by atomic mass is 32.2. The maximum atomic E-state index is 13.0. The van der Waals surface area contributed by atoms with Crippen molar-refractivity contribution in [3.05, 3.63) is 66.4 Å². The number of hydrogen-bond donors (Lipinski definition) is 1. The normalized spacial score (nSPS) is 15.8. The SMILES string of the molecule is CC(Sc1nnc(-c2c[nH]c3ccccc23)o1)C(=O)N1CCN(Cc2ccccc2)CC1. The number of aromatic amines is 1. The van der Waals surface area contributed by atoms with Crippen LogP contribution in [0.3, 0.4) is 0 Å². The minimum Gasteiger partial charge on any atom is -0.411 e. The second-order valence-corrected chi connectivity index (χ2v) is 9.26. The van der Waals surface area contributed by atoms with Gasteiger partial charge in [-0.3, -0.25) is 9.69 Å². The Morgan fingerprint density at radius 3 is 2.62 bits per heavy atom. The molecule has 0 aliphatic carbocycles. The predicted molar refractivity (Wildman–Crippen MR) is 125 cm³/mol. The highest BCUT2D eigenvalue weighted by Gasteiger charge is 2.27. The van der Waals surface area contributed by atoms with Crippen LogP contribution < -0.4 is 0 Å². The Bertz CT molecular complexity index is 1200. The summed E-state index contributed by atoms with van der Waals surface area (Å²) < 4.78 is 5.87. The number of H-pyrrole nitrogens is 1. The first-order chi connectivity index (χ1) is 15.7. The molecule has 8 heteroatoms. The Morgan fingerprint density at radius 2 is 1.81 bits per heavy atom. The van der Waals surface area contributed by atoms with Crippen LogP contribution in [0.2, 0.25) is 0 Å². The summed E-state index contributed by atoms with van der Waals surface area (Å²) in [7, 11) is 0. The van der Waals surface area contributed by atoms with E-state index in [-0.39, 0.29) is 11.2 Å². The standard InChI is InChI=1S/C24H25N5O2S/c1-17(23(30)29-13-11-28(12-14-29)16-18-7-3-2-4-8-18)32-24-27-26-22(31-24)20-15-25-21-10-6-5-9-19(20)21/h2-10,15,17,25H,11-14,16H2,1H3. The summed E-state index contributed by atoms with van der Waals surface area (Å²) in [6, 6.07) is 18.4. The molecule has 1 unspecified atom stereocenters. The van der Waals surface area contributed by atoms with Crippen LogP contribution in [0.1, 0.15) is 12.5 Å². The number of carbonyl (C=O) groups is 1. The molecule has 32 heavy (non-hydrogen) atoms. The largest absolute Gasteiger partial charge is 0.411 e. The van der Waals surface area contributed by atoms with E-state index < -0.39 is 0 Å². The lowest BCUT2D eigenvalue weighted by Crippen LogP contribution is -2.50. The Labute approximate surface area is 190 Å². The summed E-state index contributed by atoms with van der Waals surface area (Å²) in [5, 5.41) is 9.51. The second-order valence-electron chi connectivity index (χ2n) is 7.97. The van der Waals surface area contributed by atoms with Gasteiger partial charge in [-0.05, 0) is 18.6 Å². The molecule has 1 atom stereocenters. The van der Waals surface area contributed by atoms with Gasteiger partial charge in [-0.1, -0.05) is 60.3 Å². The molecule has 4 aromatic rings. The Hall–Kier alpha value is -3.10. The van der Waals surface area contributed by atoms with Crippen molar-refractivity contribution in [2.45, 2.75) is 23.9 Å². The van der Waals surface area contributed by atoms with Gasteiger partial charge in [0, 0.05) is 49.8 Å². The second kappa shape index (κ2) is 9.18. The maximum Gasteiger partial charge on any atom is 0.277 e. The van der Waals surface area contributed by atoms with Crippen LogP contribution in [-0.2, 0) is 11.3 Å². The van der Waals surface area contributed by atoms with Crippen LogP contribution in [0.25, 0.3) is 22.4 Å². The first kappa shape index (κ1) is 20.8. The minimum absolute atomic E-state index is 0.112. The van der Waals surface area contributed by atoms with Gasteiger partial charge >= 0.3 is 0 Å². The van der Waals surface area contributed by atoms with Crippen molar-refractivity contribution in [3.8, 4) is 11.5 Å². The van der Waals surface area contributed by atoms with Gasteiger partial charge in [0.2, 0.25) is 5.91 Å². The quantitative estimate of drug-likeness (QED) is 0.450. The number of aromatic nitrogens is 3. The van der Waals surface area contributed by atoms with Crippen LogP contribution in [0, 0.1) is 0 Å². The highest BCUT2D eigenvalue weighted by Crippen LogP contribution is 2.31. The van der Waals surface area contributed by atoms with Crippen molar-refractivity contribution in [1.29, 1.82) is 0 Å². The zero-order valence-electron chi connectivity index (χ0n) is 17.9. The Balaban J connectivity index is 1.17. The number of thioether (sulfide) groups is 1. The number of para-hydroxylation sites is 1. The average molecular weight is 448 g/mol. The van der Waals surface area contributed by atoms with E-state index in [0.717, 1.165) is 49.2 Å². The summed E-state index contributed by atoms with van der Waals surface area (Å²) in [4.78, 5) is 20.5. The average Bonchev–Trinajstić information content (AvgIpc) is 3.46. The molecule has 0 radical (unpaired) electrons. The van der Waals surface area contributed by atoms with Crippen molar-refractivity contribution in [1.82, 2.24) is 25.0 Å². The van der Waals surface area contributed by atoms with Gasteiger partial charge in [-0.2, -0.15) is 0 Å². The van der Waals surface area contributed by atoms with Gasteiger partial charge in [0.15, 0.2) is 0 Å². The van der Waals surface area contributed by atoms with E-state index in [0.29, 0.717) is 11.1 Å². The Kier molecular flexibility index (Phi) is 5.96. The Morgan fingerprint density at radius 1 is 1.06 bits per heavy atom. The number of hydrogen-bond acceptors (Lipinski definition) is 6. The molecule has 1 aliphatic rings. The van der Waals surface area contributed by atoms with Gasteiger partial charge in [-0.15, -0.1) is 10.2 Å². The van der Waals surface area contributed by atoms with Crippen LogP contribution in [0.5, 0.6) is 0 Å².